The summed E-state index contributed by atoms with van der Waals surface area (Å²) < 4.78 is 23.3. The van der Waals surface area contributed by atoms with Gasteiger partial charge in [0.15, 0.2) is 0 Å². The summed E-state index contributed by atoms with van der Waals surface area (Å²) in [4.78, 5) is 22.6. The summed E-state index contributed by atoms with van der Waals surface area (Å²) >= 11 is 0. The fourth-order valence-corrected chi connectivity index (χ4v) is 7.90. The highest BCUT2D eigenvalue weighted by Crippen LogP contribution is 2.43. The van der Waals surface area contributed by atoms with Crippen molar-refractivity contribution in [2.24, 2.45) is 0 Å². The van der Waals surface area contributed by atoms with Crippen LogP contribution in [0.3, 0.4) is 0 Å². The third kappa shape index (κ3) is 41.4. The molecule has 0 saturated carbocycles. The number of aliphatic hydroxyl groups excluding tert-OH is 1. The number of nitrogens with zero attached hydrogens (tertiary/aromatic N) is 1. The number of aliphatic hydroxyl groups is 1. The van der Waals surface area contributed by atoms with Gasteiger partial charge in [-0.25, -0.2) is 4.57 Å². The van der Waals surface area contributed by atoms with E-state index in [1.807, 2.05) is 27.2 Å². The minimum absolute atomic E-state index is 0.0630. The zero-order valence-corrected chi connectivity index (χ0v) is 38.8. The second-order valence-electron chi connectivity index (χ2n) is 17.8. The Kier molecular flexibility index (Phi) is 39.1. The van der Waals surface area contributed by atoms with Crippen molar-refractivity contribution in [3.05, 3.63) is 12.2 Å². The van der Waals surface area contributed by atoms with Crippen LogP contribution in [0.1, 0.15) is 232 Å². The van der Waals surface area contributed by atoms with Crippen LogP contribution in [0.15, 0.2) is 12.2 Å². The zero-order chi connectivity index (χ0) is 41.4. The number of phosphoric ester groups is 1. The van der Waals surface area contributed by atoms with Crippen molar-refractivity contribution in [2.75, 3.05) is 40.9 Å². The van der Waals surface area contributed by atoms with E-state index < -0.39 is 20.0 Å². The summed E-state index contributed by atoms with van der Waals surface area (Å²) in [5.74, 6) is -0.200. The van der Waals surface area contributed by atoms with E-state index in [2.05, 4.69) is 19.2 Å². The Morgan fingerprint density at radius 1 is 0.589 bits per heavy atom. The van der Waals surface area contributed by atoms with Crippen molar-refractivity contribution in [1.29, 1.82) is 0 Å². The molecule has 0 heterocycles. The predicted molar refractivity (Wildman–Crippen MR) is 240 cm³/mol. The molecule has 0 rings (SSSR count). The second-order valence-corrected chi connectivity index (χ2v) is 19.3. The Balaban J connectivity index is 3.79. The van der Waals surface area contributed by atoms with Crippen LogP contribution in [0.5, 0.6) is 0 Å². The second kappa shape index (κ2) is 39.7. The van der Waals surface area contributed by atoms with Crippen LogP contribution < -0.4 is 5.32 Å². The van der Waals surface area contributed by atoms with E-state index in [1.54, 1.807) is 6.08 Å². The Bertz CT molecular complexity index is 927. The normalized spacial score (nSPS) is 14.3. The number of phosphoric acid groups is 1. The van der Waals surface area contributed by atoms with E-state index in [0.29, 0.717) is 17.4 Å². The Labute approximate surface area is 348 Å². The number of unbranched alkanes of at least 4 members (excludes halogenated alkanes) is 31. The predicted octanol–water partition coefficient (Wildman–Crippen LogP) is 13.5. The van der Waals surface area contributed by atoms with Crippen LogP contribution in [0.2, 0.25) is 0 Å². The maximum absolute atomic E-state index is 12.5. The molecule has 0 fully saturated rings. The lowest BCUT2D eigenvalue weighted by atomic mass is 10.0. The molecule has 0 bridgehead atoms. The fourth-order valence-electron chi connectivity index (χ4n) is 7.16. The number of nitrogens with one attached hydrogen (secondary N) is 1. The molecular formula is C47H96N2O6P+. The van der Waals surface area contributed by atoms with Gasteiger partial charge in [0, 0.05) is 6.42 Å². The molecule has 56 heavy (non-hydrogen) atoms. The van der Waals surface area contributed by atoms with Gasteiger partial charge in [-0.2, -0.15) is 0 Å². The molecule has 0 aliphatic carbocycles. The molecule has 0 aromatic heterocycles. The maximum atomic E-state index is 12.5. The molecule has 9 heteroatoms. The highest BCUT2D eigenvalue weighted by atomic mass is 31.2. The van der Waals surface area contributed by atoms with E-state index in [0.717, 1.165) is 32.1 Å². The number of allylic oxidation sites excluding steroid dienone is 1. The number of hydrogen-bond acceptors (Lipinski definition) is 5. The number of amides is 1. The van der Waals surface area contributed by atoms with Gasteiger partial charge in [-0.15, -0.1) is 0 Å². The molecular weight excluding hydrogens is 719 g/mol. The quantitative estimate of drug-likeness (QED) is 0.0245. The summed E-state index contributed by atoms with van der Waals surface area (Å²) in [6.07, 6.45) is 46.9. The van der Waals surface area contributed by atoms with Gasteiger partial charge in [0.25, 0.3) is 0 Å². The zero-order valence-electron chi connectivity index (χ0n) is 37.9. The lowest BCUT2D eigenvalue weighted by Gasteiger charge is -2.25. The molecule has 0 radical (unpaired) electrons. The van der Waals surface area contributed by atoms with Gasteiger partial charge < -0.3 is 19.8 Å². The summed E-state index contributed by atoms with van der Waals surface area (Å²) in [5, 5.41) is 13.6. The smallest absolute Gasteiger partial charge is 0.387 e. The number of likely N-dealkylation sites (N-methyl/N-ethyl adjacent to an activating group) is 1. The first-order chi connectivity index (χ1) is 27.0. The first-order valence-corrected chi connectivity index (χ1v) is 25.6. The average Bonchev–Trinajstić information content (AvgIpc) is 3.15. The standard InChI is InChI=1S/C47H95N2O6P/c1-6-8-10-11-12-13-14-15-16-17-18-19-20-21-22-23-24-25-26-27-28-29-30-31-32-33-34-35-36-37-39-40-46(50)45(48-47(51)41-38-9-7-2)44-55-56(52,53)54-43-42-49(3,4)5/h39-40,45-46,50H,6-38,41-44H2,1-5H3,(H-,48,51,52,53)/p+1/b40-39+. The summed E-state index contributed by atoms with van der Waals surface area (Å²) in [6, 6.07) is -0.837. The van der Waals surface area contributed by atoms with Crippen LogP contribution in [-0.4, -0.2) is 73.4 Å². The van der Waals surface area contributed by atoms with Crippen molar-refractivity contribution in [3.63, 3.8) is 0 Å². The van der Waals surface area contributed by atoms with Crippen molar-refractivity contribution in [2.45, 2.75) is 244 Å². The van der Waals surface area contributed by atoms with E-state index in [-0.39, 0.29) is 19.1 Å². The molecule has 0 aromatic carbocycles. The van der Waals surface area contributed by atoms with Crippen molar-refractivity contribution in [3.8, 4) is 0 Å². The topological polar surface area (TPSA) is 105 Å². The van der Waals surface area contributed by atoms with Gasteiger partial charge in [-0.1, -0.05) is 219 Å². The molecule has 334 valence electrons. The Hall–Kier alpha value is -0.760. The van der Waals surface area contributed by atoms with Crippen LogP contribution in [0, 0.1) is 0 Å². The maximum Gasteiger partial charge on any atom is 0.472 e. The van der Waals surface area contributed by atoms with Crippen LogP contribution in [0.4, 0.5) is 0 Å². The number of hydrogen-bond donors (Lipinski definition) is 3. The van der Waals surface area contributed by atoms with Gasteiger partial charge in [0.1, 0.15) is 13.2 Å². The van der Waals surface area contributed by atoms with E-state index >= 15 is 0 Å². The van der Waals surface area contributed by atoms with Gasteiger partial charge in [0.05, 0.1) is 39.9 Å². The van der Waals surface area contributed by atoms with Gasteiger partial charge >= 0.3 is 7.82 Å². The van der Waals surface area contributed by atoms with Crippen LogP contribution >= 0.6 is 7.82 Å². The first kappa shape index (κ1) is 55.2. The molecule has 0 aliphatic rings. The minimum atomic E-state index is -4.31. The third-order valence-corrected chi connectivity index (χ3v) is 12.0. The van der Waals surface area contributed by atoms with Crippen molar-refractivity contribution in [1.82, 2.24) is 5.32 Å². The summed E-state index contributed by atoms with van der Waals surface area (Å²) in [7, 11) is 1.58. The number of quaternary nitrogens is 1. The molecule has 0 aliphatic heterocycles. The van der Waals surface area contributed by atoms with Crippen molar-refractivity contribution >= 4 is 13.7 Å². The molecule has 0 saturated heterocycles. The molecule has 0 aromatic rings. The summed E-state index contributed by atoms with van der Waals surface area (Å²) in [6.45, 7) is 4.66. The SMILES string of the molecule is CCCCCCCCCCCCCCCCCCCCCCCCCCCCCCC/C=C/C(O)C(COP(=O)(O)OCC[N+](C)(C)C)NC(=O)CCCCC. The minimum Gasteiger partial charge on any atom is -0.387 e. The number of carbonyl (C=O) groups is 1. The third-order valence-electron chi connectivity index (χ3n) is 11.0. The van der Waals surface area contributed by atoms with Gasteiger partial charge in [-0.3, -0.25) is 13.8 Å². The van der Waals surface area contributed by atoms with E-state index in [4.69, 9.17) is 9.05 Å². The molecule has 3 unspecified atom stereocenters. The lowest BCUT2D eigenvalue weighted by molar-refractivity contribution is -0.870. The highest BCUT2D eigenvalue weighted by molar-refractivity contribution is 7.47. The van der Waals surface area contributed by atoms with E-state index in [1.165, 1.54) is 180 Å². The van der Waals surface area contributed by atoms with Gasteiger partial charge in [-0.05, 0) is 19.3 Å². The fraction of sp³-hybridized carbons (Fsp3) is 0.936. The largest absolute Gasteiger partial charge is 0.472 e. The first-order valence-electron chi connectivity index (χ1n) is 24.1. The highest BCUT2D eigenvalue weighted by Gasteiger charge is 2.27. The number of carbonyl (C=O) groups excluding carboxylic acids is 1. The molecule has 0 spiro atoms. The van der Waals surface area contributed by atoms with E-state index in [9.17, 15) is 19.4 Å². The molecule has 3 atom stereocenters. The monoisotopic (exact) mass is 816 g/mol. The lowest BCUT2D eigenvalue weighted by Crippen LogP contribution is -2.45. The molecule has 3 N–H and O–H groups in total. The Morgan fingerprint density at radius 3 is 1.32 bits per heavy atom. The Morgan fingerprint density at radius 2 is 0.946 bits per heavy atom. The van der Waals surface area contributed by atoms with Crippen LogP contribution in [0.25, 0.3) is 0 Å². The van der Waals surface area contributed by atoms with Crippen LogP contribution in [-0.2, 0) is 18.4 Å². The molecule has 1 amide bonds. The number of rotatable bonds is 44. The summed E-state index contributed by atoms with van der Waals surface area (Å²) in [5.41, 5.74) is 0. The average molecular weight is 816 g/mol. The molecule has 8 nitrogen and oxygen atoms in total. The van der Waals surface area contributed by atoms with Gasteiger partial charge in [0.2, 0.25) is 5.91 Å². The van der Waals surface area contributed by atoms with Crippen molar-refractivity contribution < 1.29 is 32.9 Å².